The van der Waals surface area contributed by atoms with Crippen molar-refractivity contribution in [3.63, 3.8) is 0 Å². The molecule has 3 amide bonds. The third-order valence-corrected chi connectivity index (χ3v) is 1.40. The number of amides is 3. The van der Waals surface area contributed by atoms with Crippen molar-refractivity contribution in [3.05, 3.63) is 0 Å². The SMILES string of the molecule is CC(=O)CC1NNC(=O)NC1=O. The van der Waals surface area contributed by atoms with Gasteiger partial charge in [-0.1, -0.05) is 0 Å². The van der Waals surface area contributed by atoms with Gasteiger partial charge in [0.2, 0.25) is 5.91 Å². The van der Waals surface area contributed by atoms with Crippen LogP contribution >= 0.6 is 0 Å². The van der Waals surface area contributed by atoms with Crippen molar-refractivity contribution in [3.8, 4) is 0 Å². The Hall–Kier alpha value is -1.43. The predicted octanol–water partition coefficient (Wildman–Crippen LogP) is -1.32. The molecular weight excluding hydrogens is 162 g/mol. The standard InChI is InChI=1S/C6H9N3O3/c1-3(10)2-4-5(11)7-6(12)9-8-4/h4,8H,2H2,1H3,(H2,7,9,11,12). The third-order valence-electron chi connectivity index (χ3n) is 1.40. The van der Waals surface area contributed by atoms with Crippen molar-refractivity contribution < 1.29 is 14.4 Å². The van der Waals surface area contributed by atoms with Crippen molar-refractivity contribution in [2.24, 2.45) is 0 Å². The lowest BCUT2D eigenvalue weighted by atomic mass is 10.1. The maximum atomic E-state index is 11.0. The Balaban J connectivity index is 2.51. The van der Waals surface area contributed by atoms with E-state index in [1.54, 1.807) is 0 Å². The molecule has 1 rings (SSSR count). The van der Waals surface area contributed by atoms with Gasteiger partial charge in [0.1, 0.15) is 11.8 Å². The van der Waals surface area contributed by atoms with E-state index < -0.39 is 18.0 Å². The number of nitrogens with one attached hydrogen (secondary N) is 3. The summed E-state index contributed by atoms with van der Waals surface area (Å²) in [6.45, 7) is 1.38. The molecule has 0 saturated carbocycles. The zero-order valence-electron chi connectivity index (χ0n) is 6.51. The van der Waals surface area contributed by atoms with Gasteiger partial charge in [-0.2, -0.15) is 0 Å². The van der Waals surface area contributed by atoms with Crippen molar-refractivity contribution in [1.29, 1.82) is 0 Å². The molecule has 1 heterocycles. The second kappa shape index (κ2) is 3.31. The van der Waals surface area contributed by atoms with E-state index in [9.17, 15) is 14.4 Å². The fraction of sp³-hybridized carbons (Fsp3) is 0.500. The van der Waals surface area contributed by atoms with Crippen molar-refractivity contribution >= 4 is 17.7 Å². The van der Waals surface area contributed by atoms with E-state index >= 15 is 0 Å². The number of hydrogen-bond acceptors (Lipinski definition) is 4. The summed E-state index contributed by atoms with van der Waals surface area (Å²) in [5.74, 6) is -0.590. The fourth-order valence-electron chi connectivity index (χ4n) is 0.880. The minimum Gasteiger partial charge on any atom is -0.300 e. The van der Waals surface area contributed by atoms with Gasteiger partial charge >= 0.3 is 6.03 Å². The molecule has 0 spiro atoms. The molecule has 0 bridgehead atoms. The first-order chi connectivity index (χ1) is 5.59. The number of ketones is 1. The summed E-state index contributed by atoms with van der Waals surface area (Å²) in [7, 11) is 0. The van der Waals surface area contributed by atoms with Gasteiger partial charge in [-0.05, 0) is 6.92 Å². The van der Waals surface area contributed by atoms with Crippen molar-refractivity contribution in [2.45, 2.75) is 19.4 Å². The Labute approximate surface area is 68.7 Å². The highest BCUT2D eigenvalue weighted by atomic mass is 16.2. The van der Waals surface area contributed by atoms with Crippen molar-refractivity contribution in [2.75, 3.05) is 0 Å². The first-order valence-electron chi connectivity index (χ1n) is 3.45. The van der Waals surface area contributed by atoms with E-state index in [-0.39, 0.29) is 12.2 Å². The van der Waals surface area contributed by atoms with Gasteiger partial charge in [-0.15, -0.1) is 0 Å². The highest BCUT2D eigenvalue weighted by Gasteiger charge is 2.26. The molecule has 1 aliphatic rings. The summed E-state index contributed by atoms with van der Waals surface area (Å²) < 4.78 is 0. The molecule has 1 unspecified atom stereocenters. The summed E-state index contributed by atoms with van der Waals surface area (Å²) in [5, 5.41) is 2.03. The average molecular weight is 171 g/mol. The molecule has 0 radical (unpaired) electrons. The van der Waals surface area contributed by atoms with Gasteiger partial charge in [0.05, 0.1) is 0 Å². The molecule has 1 saturated heterocycles. The fourth-order valence-corrected chi connectivity index (χ4v) is 0.880. The van der Waals surface area contributed by atoms with Crippen LogP contribution in [0, 0.1) is 0 Å². The highest BCUT2D eigenvalue weighted by Crippen LogP contribution is 1.95. The number of carbonyl (C=O) groups is 3. The van der Waals surface area contributed by atoms with Gasteiger partial charge in [0.25, 0.3) is 0 Å². The van der Waals surface area contributed by atoms with Crippen LogP contribution in [0.25, 0.3) is 0 Å². The normalized spacial score (nSPS) is 22.9. The maximum absolute atomic E-state index is 11.0. The molecule has 6 heteroatoms. The van der Waals surface area contributed by atoms with E-state index in [1.807, 2.05) is 5.32 Å². The Morgan fingerprint density at radius 1 is 1.50 bits per heavy atom. The van der Waals surface area contributed by atoms with Crippen LogP contribution in [0.4, 0.5) is 4.79 Å². The zero-order chi connectivity index (χ0) is 9.14. The van der Waals surface area contributed by atoms with E-state index in [0.29, 0.717) is 0 Å². The monoisotopic (exact) mass is 171 g/mol. The van der Waals surface area contributed by atoms with Crippen LogP contribution in [0.3, 0.4) is 0 Å². The predicted molar refractivity (Wildman–Crippen MR) is 38.9 cm³/mol. The van der Waals surface area contributed by atoms with E-state index in [1.165, 1.54) is 6.92 Å². The molecule has 1 aliphatic heterocycles. The minimum atomic E-state index is -0.653. The molecule has 0 aromatic carbocycles. The van der Waals surface area contributed by atoms with Crippen LogP contribution in [0.5, 0.6) is 0 Å². The third kappa shape index (κ3) is 2.03. The maximum Gasteiger partial charge on any atom is 0.335 e. The summed E-state index contributed by atoms with van der Waals surface area (Å²) in [5.41, 5.74) is 4.61. The first kappa shape index (κ1) is 8.66. The molecule has 0 aliphatic carbocycles. The number of hydrazine groups is 1. The molecule has 0 aromatic heterocycles. The van der Waals surface area contributed by atoms with Gasteiger partial charge in [0.15, 0.2) is 0 Å². The lowest BCUT2D eigenvalue weighted by Gasteiger charge is -2.22. The van der Waals surface area contributed by atoms with E-state index in [2.05, 4.69) is 10.9 Å². The summed E-state index contributed by atoms with van der Waals surface area (Å²) in [6.07, 6.45) is 0.0755. The van der Waals surface area contributed by atoms with Crippen LogP contribution in [0.2, 0.25) is 0 Å². The van der Waals surface area contributed by atoms with Crippen LogP contribution in [-0.2, 0) is 9.59 Å². The van der Waals surface area contributed by atoms with Crippen LogP contribution in [-0.4, -0.2) is 23.8 Å². The molecule has 1 fully saturated rings. The molecule has 6 nitrogen and oxygen atoms in total. The lowest BCUT2D eigenvalue weighted by molar-refractivity contribution is -0.127. The number of rotatable bonds is 2. The second-order valence-corrected chi connectivity index (χ2v) is 2.55. The van der Waals surface area contributed by atoms with Crippen LogP contribution < -0.4 is 16.2 Å². The minimum absolute atomic E-state index is 0.0755. The topological polar surface area (TPSA) is 87.3 Å². The average Bonchev–Trinajstić information content (AvgIpc) is 1.94. The Morgan fingerprint density at radius 3 is 2.67 bits per heavy atom. The summed E-state index contributed by atoms with van der Waals surface area (Å²) in [6, 6.07) is -1.25. The quantitative estimate of drug-likeness (QED) is 0.480. The van der Waals surface area contributed by atoms with E-state index in [4.69, 9.17) is 0 Å². The highest BCUT2D eigenvalue weighted by molar-refractivity contribution is 6.00. The molecule has 3 N–H and O–H groups in total. The van der Waals surface area contributed by atoms with Crippen LogP contribution in [0.1, 0.15) is 13.3 Å². The van der Waals surface area contributed by atoms with Gasteiger partial charge in [0, 0.05) is 6.42 Å². The first-order valence-corrected chi connectivity index (χ1v) is 3.45. The van der Waals surface area contributed by atoms with Crippen LogP contribution in [0.15, 0.2) is 0 Å². The number of hydrogen-bond donors (Lipinski definition) is 3. The Kier molecular flexibility index (Phi) is 2.39. The lowest BCUT2D eigenvalue weighted by Crippen LogP contribution is -2.62. The smallest absolute Gasteiger partial charge is 0.300 e. The Bertz CT molecular complexity index is 238. The number of Topliss-reactive ketones (excluding diaryl/α,β-unsaturated/α-hetero) is 1. The molecule has 12 heavy (non-hydrogen) atoms. The second-order valence-electron chi connectivity index (χ2n) is 2.55. The number of carbonyl (C=O) groups excluding carboxylic acids is 3. The largest absolute Gasteiger partial charge is 0.335 e. The summed E-state index contributed by atoms with van der Waals surface area (Å²) in [4.78, 5) is 32.1. The molecule has 66 valence electrons. The Morgan fingerprint density at radius 2 is 2.17 bits per heavy atom. The number of imide groups is 1. The summed E-state index contributed by atoms with van der Waals surface area (Å²) >= 11 is 0. The zero-order valence-corrected chi connectivity index (χ0v) is 6.51. The van der Waals surface area contributed by atoms with Gasteiger partial charge in [-0.25, -0.2) is 10.2 Å². The molecular formula is C6H9N3O3. The van der Waals surface area contributed by atoms with Gasteiger partial charge < -0.3 is 0 Å². The van der Waals surface area contributed by atoms with Crippen molar-refractivity contribution in [1.82, 2.24) is 16.2 Å². The van der Waals surface area contributed by atoms with Gasteiger partial charge in [-0.3, -0.25) is 20.3 Å². The molecule has 0 aromatic rings. The molecule has 1 atom stereocenters. The number of urea groups is 1. The van der Waals surface area contributed by atoms with E-state index in [0.717, 1.165) is 0 Å².